The van der Waals surface area contributed by atoms with Crippen molar-refractivity contribution in [3.63, 3.8) is 0 Å². The molecule has 1 aliphatic carbocycles. The second-order valence-corrected chi connectivity index (χ2v) is 6.75. The largest absolute Gasteiger partial charge is 0.352 e. The van der Waals surface area contributed by atoms with E-state index >= 15 is 0 Å². The summed E-state index contributed by atoms with van der Waals surface area (Å²) in [5.41, 5.74) is 8.88. The molecule has 2 atom stereocenters. The van der Waals surface area contributed by atoms with Gasteiger partial charge in [0.1, 0.15) is 0 Å². The van der Waals surface area contributed by atoms with E-state index in [1.807, 2.05) is 13.8 Å². The zero-order valence-electron chi connectivity index (χ0n) is 14.5. The first-order chi connectivity index (χ1) is 11.4. The lowest BCUT2D eigenvalue weighted by molar-refractivity contribution is -0.126. The average molecular weight is 331 g/mol. The van der Waals surface area contributed by atoms with Gasteiger partial charge in [-0.05, 0) is 50.3 Å². The number of nitrogens with two attached hydrogens (primary N) is 1. The summed E-state index contributed by atoms with van der Waals surface area (Å²) in [6.07, 6.45) is 2.99. The number of H-pyrrole nitrogens is 1. The summed E-state index contributed by atoms with van der Waals surface area (Å²) in [6.45, 7) is 4.76. The lowest BCUT2D eigenvalue weighted by atomic mass is 9.95. The molecule has 0 spiro atoms. The summed E-state index contributed by atoms with van der Waals surface area (Å²) in [6, 6.07) is 0. The van der Waals surface area contributed by atoms with E-state index in [1.165, 1.54) is 0 Å². The molecule has 0 aliphatic heterocycles. The van der Waals surface area contributed by atoms with Crippen molar-refractivity contribution in [2.24, 2.45) is 24.6 Å². The molecule has 1 saturated carbocycles. The number of aryl methyl sites for hydroxylation is 3. The quantitative estimate of drug-likeness (QED) is 0.773. The molecule has 2 aromatic heterocycles. The zero-order valence-corrected chi connectivity index (χ0v) is 14.5. The predicted octanol–water partition coefficient (Wildman–Crippen LogP) is 0.870. The Hall–Kier alpha value is -2.15. The van der Waals surface area contributed by atoms with Crippen LogP contribution >= 0.6 is 0 Å². The lowest BCUT2D eigenvalue weighted by Gasteiger charge is -2.18. The van der Waals surface area contributed by atoms with E-state index in [9.17, 15) is 9.59 Å². The molecule has 0 saturated heterocycles. The van der Waals surface area contributed by atoms with Crippen molar-refractivity contribution >= 4 is 16.9 Å². The van der Waals surface area contributed by atoms with Gasteiger partial charge in [0.15, 0.2) is 5.65 Å². The Morgan fingerprint density at radius 1 is 1.42 bits per heavy atom. The molecule has 0 unspecified atom stereocenters. The Morgan fingerprint density at radius 2 is 2.17 bits per heavy atom. The van der Waals surface area contributed by atoms with Gasteiger partial charge in [0.2, 0.25) is 5.91 Å². The molecule has 1 amide bonds. The first-order valence-electron chi connectivity index (χ1n) is 8.46. The zero-order chi connectivity index (χ0) is 17.4. The molecule has 3 rings (SSSR count). The van der Waals surface area contributed by atoms with Crippen LogP contribution in [-0.4, -0.2) is 27.2 Å². The van der Waals surface area contributed by atoms with E-state index in [1.54, 1.807) is 11.7 Å². The summed E-state index contributed by atoms with van der Waals surface area (Å²) in [4.78, 5) is 29.1. The van der Waals surface area contributed by atoms with Gasteiger partial charge in [-0.2, -0.15) is 0 Å². The van der Waals surface area contributed by atoms with Crippen LogP contribution in [0.3, 0.4) is 0 Å². The SMILES string of the molecule is Cc1nc2c(c(C)c1CNC(=O)[C@@H]1CCC[C@@H]1CN)c(=O)[nH]n2C. The fourth-order valence-electron chi connectivity index (χ4n) is 3.88. The van der Waals surface area contributed by atoms with Crippen LogP contribution in [0.2, 0.25) is 0 Å². The fourth-order valence-corrected chi connectivity index (χ4v) is 3.88. The van der Waals surface area contributed by atoms with Crippen molar-refractivity contribution in [1.29, 1.82) is 0 Å². The molecule has 0 aromatic carbocycles. The smallest absolute Gasteiger partial charge is 0.273 e. The van der Waals surface area contributed by atoms with Gasteiger partial charge in [-0.1, -0.05) is 6.42 Å². The predicted molar refractivity (Wildman–Crippen MR) is 92.5 cm³/mol. The molecule has 2 heterocycles. The van der Waals surface area contributed by atoms with Gasteiger partial charge < -0.3 is 11.1 Å². The number of hydrogen-bond acceptors (Lipinski definition) is 4. The highest BCUT2D eigenvalue weighted by Crippen LogP contribution is 2.31. The van der Waals surface area contributed by atoms with Crippen molar-refractivity contribution in [3.8, 4) is 0 Å². The molecule has 4 N–H and O–H groups in total. The number of aromatic amines is 1. The van der Waals surface area contributed by atoms with Crippen LogP contribution in [-0.2, 0) is 18.4 Å². The Bertz CT molecular complexity index is 836. The molecular formula is C17H25N5O2. The minimum atomic E-state index is -0.149. The maximum absolute atomic E-state index is 12.5. The lowest BCUT2D eigenvalue weighted by Crippen LogP contribution is -2.35. The van der Waals surface area contributed by atoms with E-state index in [2.05, 4.69) is 15.4 Å². The molecule has 1 fully saturated rings. The number of carbonyl (C=O) groups is 1. The van der Waals surface area contributed by atoms with Crippen molar-refractivity contribution < 1.29 is 4.79 Å². The van der Waals surface area contributed by atoms with Crippen molar-refractivity contribution in [3.05, 3.63) is 27.2 Å². The Balaban J connectivity index is 1.84. The molecule has 0 bridgehead atoms. The number of nitrogens with zero attached hydrogens (tertiary/aromatic N) is 2. The number of pyridine rings is 1. The minimum Gasteiger partial charge on any atom is -0.352 e. The highest BCUT2D eigenvalue weighted by molar-refractivity contribution is 5.81. The number of fused-ring (bicyclic) bond motifs is 1. The summed E-state index contributed by atoms with van der Waals surface area (Å²) in [5, 5.41) is 6.35. The second-order valence-electron chi connectivity index (χ2n) is 6.75. The van der Waals surface area contributed by atoms with E-state index in [4.69, 9.17) is 5.73 Å². The van der Waals surface area contributed by atoms with Crippen LogP contribution in [0.4, 0.5) is 0 Å². The monoisotopic (exact) mass is 331 g/mol. The first-order valence-corrected chi connectivity index (χ1v) is 8.46. The number of rotatable bonds is 4. The molecule has 7 heteroatoms. The number of hydrogen-bond donors (Lipinski definition) is 3. The van der Waals surface area contributed by atoms with E-state index in [-0.39, 0.29) is 23.3 Å². The number of aromatic nitrogens is 3. The third-order valence-corrected chi connectivity index (χ3v) is 5.31. The molecular weight excluding hydrogens is 306 g/mol. The van der Waals surface area contributed by atoms with Crippen molar-refractivity contribution in [2.45, 2.75) is 39.7 Å². The number of carbonyl (C=O) groups excluding carboxylic acids is 1. The van der Waals surface area contributed by atoms with Gasteiger partial charge in [-0.15, -0.1) is 0 Å². The maximum Gasteiger partial charge on any atom is 0.273 e. The van der Waals surface area contributed by atoms with Crippen LogP contribution in [0, 0.1) is 25.7 Å². The number of nitrogens with one attached hydrogen (secondary N) is 2. The summed E-state index contributed by atoms with van der Waals surface area (Å²) in [7, 11) is 1.77. The Kier molecular flexibility index (Phi) is 4.45. The van der Waals surface area contributed by atoms with Gasteiger partial charge in [0, 0.05) is 25.2 Å². The fraction of sp³-hybridized carbons (Fsp3) is 0.588. The van der Waals surface area contributed by atoms with E-state index in [0.717, 1.165) is 36.1 Å². The third-order valence-electron chi connectivity index (χ3n) is 5.31. The van der Waals surface area contributed by atoms with E-state index in [0.29, 0.717) is 24.1 Å². The standard InChI is InChI=1S/C17H25N5O2/c1-9-13(8-19-16(23)12-6-4-5-11(12)7-18)10(2)20-15-14(9)17(24)21-22(15)3/h11-12H,4-8,18H2,1-3H3,(H,19,23)(H,21,24)/t11-,12-/m1/s1. The van der Waals surface area contributed by atoms with Crippen LogP contribution in [0.5, 0.6) is 0 Å². The molecule has 130 valence electrons. The van der Waals surface area contributed by atoms with Gasteiger partial charge >= 0.3 is 0 Å². The summed E-state index contributed by atoms with van der Waals surface area (Å²) >= 11 is 0. The Labute approximate surface area is 140 Å². The normalized spacial score (nSPS) is 20.7. The van der Waals surface area contributed by atoms with Gasteiger partial charge in [-0.3, -0.25) is 19.4 Å². The average Bonchev–Trinajstić information content (AvgIpc) is 3.11. The topological polar surface area (TPSA) is 106 Å². The first kappa shape index (κ1) is 16.7. The molecule has 0 radical (unpaired) electrons. The van der Waals surface area contributed by atoms with Crippen molar-refractivity contribution in [1.82, 2.24) is 20.1 Å². The number of amides is 1. The molecule has 2 aromatic rings. The van der Waals surface area contributed by atoms with Crippen LogP contribution in [0.25, 0.3) is 11.0 Å². The minimum absolute atomic E-state index is 0.00688. The third kappa shape index (κ3) is 2.73. The highest BCUT2D eigenvalue weighted by atomic mass is 16.2. The van der Waals surface area contributed by atoms with Gasteiger partial charge in [-0.25, -0.2) is 4.98 Å². The van der Waals surface area contributed by atoms with Gasteiger partial charge in [0.25, 0.3) is 5.56 Å². The summed E-state index contributed by atoms with van der Waals surface area (Å²) in [5.74, 6) is 0.348. The van der Waals surface area contributed by atoms with Crippen molar-refractivity contribution in [2.75, 3.05) is 6.54 Å². The summed E-state index contributed by atoms with van der Waals surface area (Å²) < 4.78 is 1.63. The van der Waals surface area contributed by atoms with E-state index < -0.39 is 0 Å². The van der Waals surface area contributed by atoms with Gasteiger partial charge in [0.05, 0.1) is 5.39 Å². The maximum atomic E-state index is 12.5. The molecule has 24 heavy (non-hydrogen) atoms. The molecule has 7 nitrogen and oxygen atoms in total. The van der Waals surface area contributed by atoms with Crippen LogP contribution in [0.1, 0.15) is 36.1 Å². The van der Waals surface area contributed by atoms with Crippen LogP contribution < -0.4 is 16.6 Å². The van der Waals surface area contributed by atoms with Crippen LogP contribution in [0.15, 0.2) is 4.79 Å². The second kappa shape index (κ2) is 6.39. The Morgan fingerprint density at radius 3 is 2.88 bits per heavy atom. The molecule has 1 aliphatic rings. The highest BCUT2D eigenvalue weighted by Gasteiger charge is 2.31.